The Hall–Kier alpha value is -5.77. The zero-order valence-electron chi connectivity index (χ0n) is 18.9. The van der Waals surface area contributed by atoms with Gasteiger partial charge in [-0.15, -0.1) is 0 Å². The van der Waals surface area contributed by atoms with Crippen LogP contribution in [0.3, 0.4) is 0 Å². The van der Waals surface area contributed by atoms with Crippen LogP contribution in [-0.4, -0.2) is 33.9 Å². The maximum atomic E-state index is 12.6. The normalized spacial score (nSPS) is 10.6. The number of methoxy groups -OCH3 is 1. The van der Waals surface area contributed by atoms with Gasteiger partial charge in [-0.2, -0.15) is 5.26 Å². The van der Waals surface area contributed by atoms with Gasteiger partial charge in [0, 0.05) is 6.07 Å². The number of carbonyl (C=O) groups excluding carboxylic acids is 1. The molecule has 3 aromatic rings. The monoisotopic (exact) mass is 504 g/mol. The molecule has 37 heavy (non-hydrogen) atoms. The number of para-hydroxylation sites is 1. The summed E-state index contributed by atoms with van der Waals surface area (Å²) in [5.74, 6) is -2.35. The predicted molar refractivity (Wildman–Crippen MR) is 128 cm³/mol. The molecule has 0 heterocycles. The van der Waals surface area contributed by atoms with E-state index >= 15 is 0 Å². The largest absolute Gasteiger partial charge is 0.493 e. The number of carbonyl (C=O) groups is 2. The van der Waals surface area contributed by atoms with Crippen molar-refractivity contribution in [2.24, 2.45) is 0 Å². The minimum Gasteiger partial charge on any atom is -0.493 e. The standard InChI is InChI=1S/C24H16N4O9/c1-36-21-8-6-14(10-15(13-25)23(29)26-18-5-3-2-4-17(18)24(30)31)11-22(21)37-20-9-7-16(27(32)33)12-19(20)28(34)35/h2-12H,1H3,(H,26,29)(H,30,31)/b15-10+. The van der Waals surface area contributed by atoms with E-state index in [0.717, 1.165) is 18.2 Å². The van der Waals surface area contributed by atoms with Gasteiger partial charge in [0.15, 0.2) is 11.5 Å². The van der Waals surface area contributed by atoms with Crippen LogP contribution in [0.25, 0.3) is 6.08 Å². The second-order valence-electron chi connectivity index (χ2n) is 7.15. The number of nitrogens with one attached hydrogen (secondary N) is 1. The van der Waals surface area contributed by atoms with Gasteiger partial charge in [0.1, 0.15) is 11.6 Å². The molecule has 13 heteroatoms. The number of nitro groups is 2. The Morgan fingerprint density at radius 2 is 1.70 bits per heavy atom. The van der Waals surface area contributed by atoms with E-state index in [0.29, 0.717) is 0 Å². The van der Waals surface area contributed by atoms with Crippen LogP contribution in [-0.2, 0) is 4.79 Å². The first-order valence-electron chi connectivity index (χ1n) is 10.2. The third-order valence-corrected chi connectivity index (χ3v) is 4.84. The number of carboxylic acid groups (broad SMARTS) is 1. The second-order valence-corrected chi connectivity index (χ2v) is 7.15. The van der Waals surface area contributed by atoms with Gasteiger partial charge in [0.05, 0.1) is 34.3 Å². The van der Waals surface area contributed by atoms with Gasteiger partial charge >= 0.3 is 11.7 Å². The number of nitriles is 1. The predicted octanol–water partition coefficient (Wildman–Crippen LogP) is 4.55. The number of amides is 1. The fourth-order valence-electron chi connectivity index (χ4n) is 3.11. The summed E-state index contributed by atoms with van der Waals surface area (Å²) in [4.78, 5) is 44.8. The van der Waals surface area contributed by atoms with Crippen LogP contribution in [0.15, 0.2) is 66.2 Å². The summed E-state index contributed by atoms with van der Waals surface area (Å²) in [6, 6.07) is 14.5. The number of aromatic carboxylic acids is 1. The molecule has 0 aromatic heterocycles. The number of ether oxygens (including phenoxy) is 2. The van der Waals surface area contributed by atoms with E-state index in [4.69, 9.17) is 9.47 Å². The van der Waals surface area contributed by atoms with Crippen molar-refractivity contribution in [2.45, 2.75) is 0 Å². The lowest BCUT2D eigenvalue weighted by molar-refractivity contribution is -0.394. The number of nitro benzene ring substituents is 2. The molecule has 0 aliphatic heterocycles. The van der Waals surface area contributed by atoms with Crippen LogP contribution < -0.4 is 14.8 Å². The molecule has 1 amide bonds. The number of benzene rings is 3. The van der Waals surface area contributed by atoms with Crippen molar-refractivity contribution in [3.63, 3.8) is 0 Å². The molecule has 0 spiro atoms. The number of hydrogen-bond donors (Lipinski definition) is 2. The highest BCUT2D eigenvalue weighted by Crippen LogP contribution is 2.38. The van der Waals surface area contributed by atoms with Crippen molar-refractivity contribution in [1.29, 1.82) is 5.26 Å². The second kappa shape index (κ2) is 11.1. The number of hydrogen-bond acceptors (Lipinski definition) is 9. The van der Waals surface area contributed by atoms with Crippen molar-refractivity contribution >= 4 is 35.0 Å². The van der Waals surface area contributed by atoms with Crippen LogP contribution in [0.1, 0.15) is 15.9 Å². The molecule has 0 saturated carbocycles. The number of carboxylic acids is 1. The third-order valence-electron chi connectivity index (χ3n) is 4.84. The van der Waals surface area contributed by atoms with Crippen molar-refractivity contribution in [2.75, 3.05) is 12.4 Å². The van der Waals surface area contributed by atoms with Gasteiger partial charge < -0.3 is 19.9 Å². The summed E-state index contributed by atoms with van der Waals surface area (Å²) in [6.45, 7) is 0. The molecule has 0 radical (unpaired) electrons. The maximum absolute atomic E-state index is 12.6. The summed E-state index contributed by atoms with van der Waals surface area (Å²) >= 11 is 0. The first-order chi connectivity index (χ1) is 17.6. The molecule has 0 fully saturated rings. The Morgan fingerprint density at radius 1 is 1.00 bits per heavy atom. The van der Waals surface area contributed by atoms with E-state index in [1.807, 2.05) is 0 Å². The molecule has 0 saturated heterocycles. The van der Waals surface area contributed by atoms with Gasteiger partial charge in [0.25, 0.3) is 11.6 Å². The Morgan fingerprint density at radius 3 is 2.32 bits per heavy atom. The first kappa shape index (κ1) is 25.8. The van der Waals surface area contributed by atoms with Crippen molar-refractivity contribution in [1.82, 2.24) is 0 Å². The highest BCUT2D eigenvalue weighted by Gasteiger charge is 2.22. The average Bonchev–Trinajstić information content (AvgIpc) is 2.87. The zero-order chi connectivity index (χ0) is 27.1. The van der Waals surface area contributed by atoms with Crippen LogP contribution in [0.5, 0.6) is 17.2 Å². The molecule has 0 atom stereocenters. The summed E-state index contributed by atoms with van der Waals surface area (Å²) in [6.07, 6.45) is 1.19. The Kier molecular flexibility index (Phi) is 7.76. The van der Waals surface area contributed by atoms with Crippen LogP contribution in [0.4, 0.5) is 17.1 Å². The topological polar surface area (TPSA) is 195 Å². The molecule has 3 aromatic carbocycles. The molecule has 2 N–H and O–H groups in total. The molecular weight excluding hydrogens is 488 g/mol. The smallest absolute Gasteiger partial charge is 0.337 e. The minimum absolute atomic E-state index is 0.00890. The Balaban J connectivity index is 1.96. The Labute approximate surface area is 208 Å². The van der Waals surface area contributed by atoms with E-state index in [1.165, 1.54) is 55.7 Å². The van der Waals surface area contributed by atoms with Crippen molar-refractivity contribution in [3.05, 3.63) is 97.6 Å². The van der Waals surface area contributed by atoms with Gasteiger partial charge in [-0.3, -0.25) is 25.0 Å². The fourth-order valence-corrected chi connectivity index (χ4v) is 3.11. The molecule has 0 bridgehead atoms. The van der Waals surface area contributed by atoms with E-state index in [1.54, 1.807) is 6.07 Å². The number of anilines is 1. The molecule has 186 valence electrons. The highest BCUT2D eigenvalue weighted by atomic mass is 16.6. The van der Waals surface area contributed by atoms with Gasteiger partial charge in [-0.25, -0.2) is 4.79 Å². The average molecular weight is 504 g/mol. The van der Waals surface area contributed by atoms with Crippen molar-refractivity contribution < 1.29 is 34.0 Å². The maximum Gasteiger partial charge on any atom is 0.337 e. The van der Waals surface area contributed by atoms with E-state index in [2.05, 4.69) is 5.32 Å². The van der Waals surface area contributed by atoms with Gasteiger partial charge in [0.2, 0.25) is 5.75 Å². The van der Waals surface area contributed by atoms with E-state index < -0.39 is 33.1 Å². The van der Waals surface area contributed by atoms with Crippen LogP contribution >= 0.6 is 0 Å². The van der Waals surface area contributed by atoms with Crippen molar-refractivity contribution in [3.8, 4) is 23.3 Å². The molecular formula is C24H16N4O9. The summed E-state index contributed by atoms with van der Waals surface area (Å²) in [5, 5.41) is 43.6. The lowest BCUT2D eigenvalue weighted by Gasteiger charge is -2.12. The quantitative estimate of drug-likeness (QED) is 0.180. The van der Waals surface area contributed by atoms with Crippen LogP contribution in [0.2, 0.25) is 0 Å². The minimum atomic E-state index is -1.27. The summed E-state index contributed by atoms with van der Waals surface area (Å²) < 4.78 is 10.8. The molecule has 0 aliphatic rings. The number of rotatable bonds is 9. The number of nitrogens with zero attached hydrogens (tertiary/aromatic N) is 3. The lowest BCUT2D eigenvalue weighted by atomic mass is 10.1. The van der Waals surface area contributed by atoms with E-state index in [-0.39, 0.29) is 39.6 Å². The molecule has 0 unspecified atom stereocenters. The summed E-state index contributed by atoms with van der Waals surface area (Å²) in [5.41, 5.74) is -1.46. The SMILES string of the molecule is COc1ccc(/C=C(\C#N)C(=O)Nc2ccccc2C(=O)O)cc1Oc1ccc([N+](=O)[O-])cc1[N+](=O)[O-]. The van der Waals surface area contributed by atoms with Crippen LogP contribution in [0, 0.1) is 31.6 Å². The molecule has 13 nitrogen and oxygen atoms in total. The molecule has 3 rings (SSSR count). The fraction of sp³-hybridized carbons (Fsp3) is 0.0417. The number of non-ortho nitro benzene ring substituents is 1. The summed E-state index contributed by atoms with van der Waals surface area (Å²) in [7, 11) is 1.32. The van der Waals surface area contributed by atoms with Gasteiger partial charge in [-0.1, -0.05) is 18.2 Å². The zero-order valence-corrected chi connectivity index (χ0v) is 18.9. The lowest BCUT2D eigenvalue weighted by Crippen LogP contribution is -2.16. The van der Waals surface area contributed by atoms with E-state index in [9.17, 15) is 40.2 Å². The third kappa shape index (κ3) is 6.03. The van der Waals surface area contributed by atoms with Gasteiger partial charge in [-0.05, 0) is 42.0 Å². The first-order valence-corrected chi connectivity index (χ1v) is 10.2. The Bertz CT molecular complexity index is 1490. The highest BCUT2D eigenvalue weighted by molar-refractivity contribution is 6.11. The molecule has 0 aliphatic carbocycles.